The molecule has 0 spiro atoms. The van der Waals surface area contributed by atoms with Gasteiger partial charge >= 0.3 is 11.9 Å². The highest BCUT2D eigenvalue weighted by Crippen LogP contribution is 2.26. The third-order valence-corrected chi connectivity index (χ3v) is 8.17. The molecule has 1 aromatic carbocycles. The number of anilines is 2. The molecular weight excluding hydrogens is 570 g/mol. The molecule has 0 fully saturated rings. The smallest absolute Gasteiger partial charge is 0.365 e. The summed E-state index contributed by atoms with van der Waals surface area (Å²) < 4.78 is 28.5. The quantitative estimate of drug-likeness (QED) is 0.0801. The van der Waals surface area contributed by atoms with Crippen molar-refractivity contribution in [2.75, 3.05) is 16.6 Å². The summed E-state index contributed by atoms with van der Waals surface area (Å²) in [5.41, 5.74) is 11.4. The average molecular weight is 596 g/mol. The van der Waals surface area contributed by atoms with E-state index in [1.807, 2.05) is 0 Å². The molecule has 0 unspecified atom stereocenters. The second-order valence-electron chi connectivity index (χ2n) is 7.91. The molecule has 17 heteroatoms. The van der Waals surface area contributed by atoms with Crippen molar-refractivity contribution in [1.82, 2.24) is 10.3 Å². The SMILES string of the molecule is NC(N)=NCCC[C@H](NC(=O)c1sccc1NS(=O)(=O)c1cccc(NCc2csc(C(=O)O)n2)c1)C(=O)O. The van der Waals surface area contributed by atoms with Gasteiger partial charge in [-0.2, -0.15) is 0 Å². The fraction of sp³-hybridized carbons (Fsp3) is 0.227. The summed E-state index contributed by atoms with van der Waals surface area (Å²) in [6.07, 6.45) is 0.356. The number of benzene rings is 1. The highest BCUT2D eigenvalue weighted by atomic mass is 32.2. The lowest BCUT2D eigenvalue weighted by atomic mass is 10.1. The molecular formula is C22H25N7O7S3. The lowest BCUT2D eigenvalue weighted by Crippen LogP contribution is -2.40. The van der Waals surface area contributed by atoms with Gasteiger partial charge in [0.05, 0.1) is 22.8 Å². The number of carbonyl (C=O) groups is 3. The Morgan fingerprint density at radius 3 is 2.56 bits per heavy atom. The number of nitrogens with one attached hydrogen (secondary N) is 3. The predicted octanol–water partition coefficient (Wildman–Crippen LogP) is 1.55. The van der Waals surface area contributed by atoms with E-state index in [0.717, 1.165) is 22.7 Å². The number of hydrogen-bond donors (Lipinski definition) is 7. The van der Waals surface area contributed by atoms with Crippen LogP contribution in [0.4, 0.5) is 11.4 Å². The van der Waals surface area contributed by atoms with Crippen molar-refractivity contribution in [3.8, 4) is 0 Å². The maximum atomic E-state index is 13.1. The first-order valence-electron chi connectivity index (χ1n) is 11.2. The number of sulfonamides is 1. The number of nitrogens with two attached hydrogens (primary N) is 2. The minimum atomic E-state index is -4.13. The predicted molar refractivity (Wildman–Crippen MR) is 147 cm³/mol. The number of thiophene rings is 1. The van der Waals surface area contributed by atoms with E-state index in [1.165, 1.54) is 29.6 Å². The van der Waals surface area contributed by atoms with E-state index in [0.29, 0.717) is 17.8 Å². The van der Waals surface area contributed by atoms with Crippen molar-refractivity contribution >= 4 is 67.9 Å². The summed E-state index contributed by atoms with van der Waals surface area (Å²) in [6.45, 7) is 0.360. The van der Waals surface area contributed by atoms with Crippen molar-refractivity contribution in [1.29, 1.82) is 0 Å². The van der Waals surface area contributed by atoms with Gasteiger partial charge in [-0.1, -0.05) is 6.07 Å². The Kier molecular flexibility index (Phi) is 9.80. The molecule has 0 aliphatic carbocycles. The highest BCUT2D eigenvalue weighted by molar-refractivity contribution is 7.92. The largest absolute Gasteiger partial charge is 0.480 e. The highest BCUT2D eigenvalue weighted by Gasteiger charge is 2.25. The Labute approximate surface area is 230 Å². The van der Waals surface area contributed by atoms with E-state index < -0.39 is 33.9 Å². The van der Waals surface area contributed by atoms with Crippen LogP contribution < -0.4 is 26.8 Å². The van der Waals surface area contributed by atoms with Gasteiger partial charge in [0.1, 0.15) is 10.9 Å². The number of aliphatic imine (C=N–C) groups is 1. The van der Waals surface area contributed by atoms with Crippen LogP contribution in [0.2, 0.25) is 0 Å². The average Bonchev–Trinajstić information content (AvgIpc) is 3.54. The third-order valence-electron chi connectivity index (χ3n) is 5.02. The van der Waals surface area contributed by atoms with Gasteiger partial charge in [0.25, 0.3) is 15.9 Å². The van der Waals surface area contributed by atoms with Gasteiger partial charge in [-0.15, -0.1) is 22.7 Å². The lowest BCUT2D eigenvalue weighted by molar-refractivity contribution is -0.139. The maximum Gasteiger partial charge on any atom is 0.365 e. The van der Waals surface area contributed by atoms with Gasteiger partial charge in [0.15, 0.2) is 5.96 Å². The van der Waals surface area contributed by atoms with Crippen LogP contribution in [0, 0.1) is 0 Å². The Bertz CT molecular complexity index is 1480. The number of thiazole rings is 1. The minimum absolute atomic E-state index is 0.0100. The van der Waals surface area contributed by atoms with E-state index in [9.17, 15) is 27.9 Å². The fourth-order valence-corrected chi connectivity index (χ4v) is 5.79. The van der Waals surface area contributed by atoms with Crippen molar-refractivity contribution in [2.45, 2.75) is 30.3 Å². The fourth-order valence-electron chi connectivity index (χ4n) is 3.21. The zero-order valence-corrected chi connectivity index (χ0v) is 22.6. The van der Waals surface area contributed by atoms with Gasteiger partial charge < -0.3 is 32.3 Å². The molecule has 0 saturated carbocycles. The molecule has 9 N–H and O–H groups in total. The van der Waals surface area contributed by atoms with E-state index in [-0.39, 0.29) is 45.9 Å². The molecule has 0 saturated heterocycles. The summed E-state index contributed by atoms with van der Waals surface area (Å²) in [7, 11) is -4.13. The molecule has 208 valence electrons. The second-order valence-corrected chi connectivity index (χ2v) is 11.4. The summed E-state index contributed by atoms with van der Waals surface area (Å²) in [5, 5.41) is 26.9. The number of aromatic nitrogens is 1. The van der Waals surface area contributed by atoms with Gasteiger partial charge in [0, 0.05) is 17.6 Å². The van der Waals surface area contributed by atoms with Crippen molar-refractivity contribution in [2.24, 2.45) is 16.5 Å². The van der Waals surface area contributed by atoms with Crippen LogP contribution in [0.15, 0.2) is 51.0 Å². The van der Waals surface area contributed by atoms with Crippen LogP contribution in [-0.4, -0.2) is 60.0 Å². The first kappa shape index (κ1) is 29.3. The number of amides is 1. The Morgan fingerprint density at radius 1 is 1.13 bits per heavy atom. The number of rotatable bonds is 14. The zero-order chi connectivity index (χ0) is 28.6. The van der Waals surface area contributed by atoms with Crippen molar-refractivity contribution in [3.63, 3.8) is 0 Å². The monoisotopic (exact) mass is 595 g/mol. The molecule has 2 aromatic heterocycles. The van der Waals surface area contributed by atoms with Crippen LogP contribution in [0.25, 0.3) is 0 Å². The summed E-state index contributed by atoms with van der Waals surface area (Å²) in [6, 6.07) is 6.05. The number of carboxylic acid groups (broad SMARTS) is 2. The summed E-state index contributed by atoms with van der Waals surface area (Å²) >= 11 is 1.93. The molecule has 1 atom stereocenters. The summed E-state index contributed by atoms with van der Waals surface area (Å²) in [5.74, 6) is -3.27. The van der Waals surface area contributed by atoms with Crippen molar-refractivity contribution < 1.29 is 33.0 Å². The van der Waals surface area contributed by atoms with E-state index in [4.69, 9.17) is 16.6 Å². The van der Waals surface area contributed by atoms with Gasteiger partial charge in [-0.3, -0.25) is 14.5 Å². The minimum Gasteiger partial charge on any atom is -0.480 e. The zero-order valence-electron chi connectivity index (χ0n) is 20.2. The molecule has 3 rings (SSSR count). The number of carboxylic acids is 2. The van der Waals surface area contributed by atoms with E-state index in [2.05, 4.69) is 25.3 Å². The standard InChI is InChI=1S/C22H25N7O7S3/c23-22(24)25-7-2-5-16(20(31)32)28-18(30)17-15(6-8-37-17)29-39(35,36)14-4-1-3-12(9-14)26-10-13-11-38-19(27-13)21(33)34/h1,3-4,6,8-9,11,16,26,29H,2,5,7,10H2,(H,28,30)(H,31,32)(H,33,34)(H4,23,24,25)/t16-/m0/s1. The number of nitrogens with zero attached hydrogens (tertiary/aromatic N) is 2. The Balaban J connectivity index is 1.67. The number of hydrogen-bond acceptors (Lipinski definition) is 10. The number of guanidine groups is 1. The number of aliphatic carboxylic acids is 1. The number of carbonyl (C=O) groups excluding carboxylic acids is 1. The molecule has 0 bridgehead atoms. The van der Waals surface area contributed by atoms with Crippen molar-refractivity contribution in [3.05, 3.63) is 56.7 Å². The van der Waals surface area contributed by atoms with Gasteiger partial charge in [0.2, 0.25) is 5.01 Å². The van der Waals surface area contributed by atoms with Crippen LogP contribution >= 0.6 is 22.7 Å². The molecule has 39 heavy (non-hydrogen) atoms. The van der Waals surface area contributed by atoms with Gasteiger partial charge in [-0.25, -0.2) is 23.0 Å². The van der Waals surface area contributed by atoms with Crippen LogP contribution in [-0.2, 0) is 21.4 Å². The van der Waals surface area contributed by atoms with Crippen LogP contribution in [0.5, 0.6) is 0 Å². The lowest BCUT2D eigenvalue weighted by Gasteiger charge is -2.15. The number of aromatic carboxylic acids is 1. The van der Waals surface area contributed by atoms with E-state index in [1.54, 1.807) is 11.4 Å². The van der Waals surface area contributed by atoms with Crippen LogP contribution in [0.1, 0.15) is 38.0 Å². The normalized spacial score (nSPS) is 11.8. The Hall–Kier alpha value is -4.22. The Morgan fingerprint density at radius 2 is 1.90 bits per heavy atom. The molecule has 1 amide bonds. The maximum absolute atomic E-state index is 13.1. The first-order chi connectivity index (χ1) is 18.5. The van der Waals surface area contributed by atoms with Gasteiger partial charge in [-0.05, 0) is 42.5 Å². The second kappa shape index (κ2) is 13.0. The first-order valence-corrected chi connectivity index (χ1v) is 14.4. The third kappa shape index (κ3) is 8.39. The molecule has 14 nitrogen and oxygen atoms in total. The molecule has 0 aliphatic rings. The molecule has 0 radical (unpaired) electrons. The molecule has 3 aromatic rings. The summed E-state index contributed by atoms with van der Waals surface area (Å²) in [4.78, 5) is 43.0. The molecule has 2 heterocycles. The van der Waals surface area contributed by atoms with Crippen LogP contribution in [0.3, 0.4) is 0 Å². The molecule has 0 aliphatic heterocycles. The van der Waals surface area contributed by atoms with E-state index >= 15 is 0 Å². The topological polar surface area (TPSA) is 239 Å².